The van der Waals surface area contributed by atoms with E-state index in [-0.39, 0.29) is 30.0 Å². The normalized spacial score (nSPS) is 17.7. The lowest BCUT2D eigenvalue weighted by molar-refractivity contribution is -0.121. The van der Waals surface area contributed by atoms with Crippen LogP contribution < -0.4 is 10.6 Å². The van der Waals surface area contributed by atoms with E-state index in [4.69, 9.17) is 0 Å². The van der Waals surface area contributed by atoms with Crippen LogP contribution in [0.1, 0.15) is 35.2 Å². The third-order valence-corrected chi connectivity index (χ3v) is 6.73. The average molecular weight is 469 g/mol. The highest BCUT2D eigenvalue weighted by molar-refractivity contribution is 8.15. The second-order valence-corrected chi connectivity index (χ2v) is 9.17. The summed E-state index contributed by atoms with van der Waals surface area (Å²) in [7, 11) is 0. The number of carbonyl (C=O) groups is 3. The van der Waals surface area contributed by atoms with Gasteiger partial charge in [0, 0.05) is 37.3 Å². The van der Waals surface area contributed by atoms with Gasteiger partial charge in [-0.3, -0.25) is 14.4 Å². The van der Waals surface area contributed by atoms with Crippen LogP contribution in [0.2, 0.25) is 0 Å². The number of thioether (sulfide) groups is 1. The van der Waals surface area contributed by atoms with Crippen LogP contribution in [0.15, 0.2) is 53.5 Å². The first kappa shape index (κ1) is 23.0. The standard InChI is InChI=1S/C24H25FN4O3S/c25-18-7-3-16(4-8-18)11-12-26-22(31)17-5-9-19(10-6-17)27-21(30)15-20-23(32)28-24(33-20)29-13-1-2-14-29/h3-10,20H,1-2,11-15H2,(H,26,31)(H,27,30)/t20-/m1/s1. The summed E-state index contributed by atoms with van der Waals surface area (Å²) in [5.74, 6) is -1.04. The monoisotopic (exact) mass is 468 g/mol. The average Bonchev–Trinajstić information content (AvgIpc) is 3.46. The number of benzene rings is 2. The molecule has 4 rings (SSSR count). The third kappa shape index (κ3) is 6.19. The second-order valence-electron chi connectivity index (χ2n) is 8.00. The lowest BCUT2D eigenvalue weighted by Crippen LogP contribution is -2.26. The van der Waals surface area contributed by atoms with E-state index in [1.807, 2.05) is 0 Å². The van der Waals surface area contributed by atoms with Crippen molar-refractivity contribution in [3.63, 3.8) is 0 Å². The highest BCUT2D eigenvalue weighted by Crippen LogP contribution is 2.29. The van der Waals surface area contributed by atoms with E-state index in [0.717, 1.165) is 36.7 Å². The van der Waals surface area contributed by atoms with Crippen LogP contribution in [0, 0.1) is 5.82 Å². The molecule has 0 saturated carbocycles. The molecule has 1 saturated heterocycles. The van der Waals surface area contributed by atoms with E-state index in [1.165, 1.54) is 23.9 Å². The molecule has 172 valence electrons. The Kier molecular flexibility index (Phi) is 7.39. The largest absolute Gasteiger partial charge is 0.352 e. The molecule has 33 heavy (non-hydrogen) atoms. The molecule has 0 aliphatic carbocycles. The smallest absolute Gasteiger partial charge is 0.262 e. The molecule has 2 aliphatic heterocycles. The molecule has 2 N–H and O–H groups in total. The van der Waals surface area contributed by atoms with Crippen molar-refractivity contribution in [2.45, 2.75) is 30.9 Å². The minimum atomic E-state index is -0.494. The number of halogens is 1. The van der Waals surface area contributed by atoms with Crippen LogP contribution >= 0.6 is 11.8 Å². The number of hydrogen-bond acceptors (Lipinski definition) is 5. The number of nitrogens with one attached hydrogen (secondary N) is 2. The minimum absolute atomic E-state index is 0.0516. The van der Waals surface area contributed by atoms with Crippen molar-refractivity contribution >= 4 is 40.3 Å². The maximum atomic E-state index is 12.9. The van der Waals surface area contributed by atoms with E-state index in [0.29, 0.717) is 24.2 Å². The van der Waals surface area contributed by atoms with Gasteiger partial charge in [0.05, 0.1) is 0 Å². The summed E-state index contributed by atoms with van der Waals surface area (Å²) in [6, 6.07) is 12.7. The number of nitrogens with zero attached hydrogens (tertiary/aromatic N) is 2. The Morgan fingerprint density at radius 1 is 1.06 bits per heavy atom. The zero-order valence-electron chi connectivity index (χ0n) is 18.1. The van der Waals surface area contributed by atoms with E-state index >= 15 is 0 Å². The SMILES string of the molecule is O=C(C[C@H]1SC(N2CCCC2)=NC1=O)Nc1ccc(C(=O)NCCc2ccc(F)cc2)cc1. The molecule has 0 unspecified atom stereocenters. The molecule has 0 radical (unpaired) electrons. The molecule has 0 aromatic heterocycles. The Morgan fingerprint density at radius 2 is 1.76 bits per heavy atom. The van der Waals surface area contributed by atoms with Crippen molar-refractivity contribution in [3.05, 3.63) is 65.5 Å². The summed E-state index contributed by atoms with van der Waals surface area (Å²) >= 11 is 1.36. The summed E-state index contributed by atoms with van der Waals surface area (Å²) < 4.78 is 12.9. The van der Waals surface area contributed by atoms with Gasteiger partial charge in [0.1, 0.15) is 11.1 Å². The highest BCUT2D eigenvalue weighted by atomic mass is 32.2. The van der Waals surface area contributed by atoms with Gasteiger partial charge >= 0.3 is 0 Å². The Balaban J connectivity index is 1.21. The molecule has 7 nitrogen and oxygen atoms in total. The molecule has 2 heterocycles. The summed E-state index contributed by atoms with van der Waals surface area (Å²) in [4.78, 5) is 43.1. The zero-order valence-corrected chi connectivity index (χ0v) is 18.9. The summed E-state index contributed by atoms with van der Waals surface area (Å²) in [5, 5.41) is 5.84. The second kappa shape index (κ2) is 10.6. The van der Waals surface area contributed by atoms with Crippen molar-refractivity contribution in [3.8, 4) is 0 Å². The van der Waals surface area contributed by atoms with Crippen LogP contribution in [0.25, 0.3) is 0 Å². The first-order valence-electron chi connectivity index (χ1n) is 10.9. The first-order chi connectivity index (χ1) is 16.0. The van der Waals surface area contributed by atoms with Crippen LogP contribution in [0.5, 0.6) is 0 Å². The predicted octanol–water partition coefficient (Wildman–Crippen LogP) is 3.22. The quantitative estimate of drug-likeness (QED) is 0.651. The molecule has 2 aromatic rings. The van der Waals surface area contributed by atoms with E-state index in [2.05, 4.69) is 20.5 Å². The number of aliphatic imine (C=N–C) groups is 1. The van der Waals surface area contributed by atoms with Gasteiger partial charge < -0.3 is 15.5 Å². The summed E-state index contributed by atoms with van der Waals surface area (Å²) in [5.41, 5.74) is 1.96. The maximum absolute atomic E-state index is 12.9. The molecule has 0 spiro atoms. The van der Waals surface area contributed by atoms with Gasteiger partial charge in [-0.05, 0) is 61.2 Å². The van der Waals surface area contributed by atoms with Gasteiger partial charge in [-0.15, -0.1) is 0 Å². The van der Waals surface area contributed by atoms with E-state index in [9.17, 15) is 18.8 Å². The van der Waals surface area contributed by atoms with Crippen LogP contribution in [0.4, 0.5) is 10.1 Å². The summed E-state index contributed by atoms with van der Waals surface area (Å²) in [6.07, 6.45) is 2.85. The van der Waals surface area contributed by atoms with Crippen LogP contribution in [-0.2, 0) is 16.0 Å². The van der Waals surface area contributed by atoms with Crippen LogP contribution in [0.3, 0.4) is 0 Å². The molecule has 0 bridgehead atoms. The molecule has 2 aliphatic rings. The Hall–Kier alpha value is -3.20. The van der Waals surface area contributed by atoms with Gasteiger partial charge in [0.2, 0.25) is 5.91 Å². The maximum Gasteiger partial charge on any atom is 0.262 e. The summed E-state index contributed by atoms with van der Waals surface area (Å²) in [6.45, 7) is 2.24. The van der Waals surface area contributed by atoms with Gasteiger partial charge in [-0.2, -0.15) is 4.99 Å². The molecule has 1 atom stereocenters. The van der Waals surface area contributed by atoms with Gasteiger partial charge in [0.15, 0.2) is 5.17 Å². The molecule has 2 aromatic carbocycles. The van der Waals surface area contributed by atoms with Crippen molar-refractivity contribution in [1.29, 1.82) is 0 Å². The number of likely N-dealkylation sites (tertiary alicyclic amines) is 1. The predicted molar refractivity (Wildman–Crippen MR) is 127 cm³/mol. The van der Waals surface area contributed by atoms with Gasteiger partial charge in [-0.25, -0.2) is 4.39 Å². The van der Waals surface area contributed by atoms with Gasteiger partial charge in [-0.1, -0.05) is 23.9 Å². The Morgan fingerprint density at radius 3 is 2.45 bits per heavy atom. The van der Waals surface area contributed by atoms with E-state index in [1.54, 1.807) is 36.4 Å². The molecule has 1 fully saturated rings. The van der Waals surface area contributed by atoms with Crippen molar-refractivity contribution in [1.82, 2.24) is 10.2 Å². The topological polar surface area (TPSA) is 90.9 Å². The third-order valence-electron chi connectivity index (χ3n) is 5.52. The fourth-order valence-electron chi connectivity index (χ4n) is 3.71. The number of hydrogen-bond donors (Lipinski definition) is 2. The lowest BCUT2D eigenvalue weighted by Gasteiger charge is -2.16. The molecule has 3 amide bonds. The number of amidine groups is 1. The van der Waals surface area contributed by atoms with Crippen molar-refractivity contribution in [2.75, 3.05) is 25.0 Å². The Bertz CT molecular complexity index is 1050. The lowest BCUT2D eigenvalue weighted by atomic mass is 10.1. The van der Waals surface area contributed by atoms with Crippen molar-refractivity contribution in [2.24, 2.45) is 4.99 Å². The zero-order chi connectivity index (χ0) is 23.2. The number of rotatable bonds is 7. The molecule has 9 heteroatoms. The van der Waals surface area contributed by atoms with Crippen LogP contribution in [-0.4, -0.2) is 52.7 Å². The number of carbonyl (C=O) groups excluding carboxylic acids is 3. The Labute approximate surface area is 195 Å². The minimum Gasteiger partial charge on any atom is -0.352 e. The van der Waals surface area contributed by atoms with E-state index < -0.39 is 5.25 Å². The molecular formula is C24H25FN4O3S. The van der Waals surface area contributed by atoms with Gasteiger partial charge in [0.25, 0.3) is 11.8 Å². The van der Waals surface area contributed by atoms with Crippen molar-refractivity contribution < 1.29 is 18.8 Å². The number of amides is 3. The molecular weight excluding hydrogens is 443 g/mol. The fourth-order valence-corrected chi connectivity index (χ4v) is 4.83. The number of anilines is 1. The fraction of sp³-hybridized carbons (Fsp3) is 0.333. The highest BCUT2D eigenvalue weighted by Gasteiger charge is 2.33. The first-order valence-corrected chi connectivity index (χ1v) is 11.8.